The van der Waals surface area contributed by atoms with Gasteiger partial charge in [0.25, 0.3) is 0 Å². The Morgan fingerprint density at radius 1 is 1.33 bits per heavy atom. The van der Waals surface area contributed by atoms with Gasteiger partial charge in [0.1, 0.15) is 0 Å². The normalized spacial score (nSPS) is 7.89. The number of hydrogen-bond acceptors (Lipinski definition) is 0. The fourth-order valence-corrected chi connectivity index (χ4v) is 0.136. The molecule has 0 heteroatoms. The van der Waals surface area contributed by atoms with Crippen LogP contribution in [0.15, 0.2) is 37.0 Å². The monoisotopic (exact) mass is 124 g/mol. The molecule has 0 N–H and O–H groups in total. The van der Waals surface area contributed by atoms with Crippen LogP contribution in [0.4, 0.5) is 0 Å². The van der Waals surface area contributed by atoms with Crippen LogP contribution in [0.3, 0.4) is 0 Å². The lowest BCUT2D eigenvalue weighted by Gasteiger charge is -1.65. The summed E-state index contributed by atoms with van der Waals surface area (Å²) >= 11 is 0. The Morgan fingerprint density at radius 2 is 1.67 bits per heavy atom. The van der Waals surface area contributed by atoms with Crippen LogP contribution in [-0.4, -0.2) is 0 Å². The molecule has 0 unspecified atom stereocenters. The molecule has 0 nitrogen and oxygen atoms in total. The van der Waals surface area contributed by atoms with E-state index in [0.29, 0.717) is 0 Å². The molecule has 52 valence electrons. The standard InChI is InChI=1S/C5H8.C4H8/c1-3-5-4-2;1-4(2)3/h3-5H,1H2,2H3;1H2,2-3H3/b5-4-;. The minimum Gasteiger partial charge on any atom is -0.100 e. The number of rotatable bonds is 1. The van der Waals surface area contributed by atoms with E-state index in [4.69, 9.17) is 0 Å². The average Bonchev–Trinajstić information content (AvgIpc) is 1.66. The summed E-state index contributed by atoms with van der Waals surface area (Å²) in [6, 6.07) is 0. The van der Waals surface area contributed by atoms with Crippen LogP contribution in [0.1, 0.15) is 20.8 Å². The Balaban J connectivity index is 0. The van der Waals surface area contributed by atoms with Crippen LogP contribution in [0.2, 0.25) is 0 Å². The highest BCUT2D eigenvalue weighted by Crippen LogP contribution is 1.73. The van der Waals surface area contributed by atoms with E-state index in [1.807, 2.05) is 32.9 Å². The second kappa shape index (κ2) is 10.3. The third kappa shape index (κ3) is 132. The maximum absolute atomic E-state index is 3.56. The molecule has 0 aliphatic carbocycles. The molecule has 0 aromatic carbocycles. The van der Waals surface area contributed by atoms with Gasteiger partial charge < -0.3 is 0 Å². The van der Waals surface area contributed by atoms with Gasteiger partial charge >= 0.3 is 0 Å². The van der Waals surface area contributed by atoms with Gasteiger partial charge in [0, 0.05) is 0 Å². The lowest BCUT2D eigenvalue weighted by Crippen LogP contribution is -1.43. The molecule has 0 fully saturated rings. The van der Waals surface area contributed by atoms with Gasteiger partial charge in [0.2, 0.25) is 0 Å². The number of allylic oxidation sites excluding steroid dienone is 4. The highest BCUT2D eigenvalue weighted by atomic mass is 13.6. The van der Waals surface area contributed by atoms with Crippen LogP contribution in [0.5, 0.6) is 0 Å². The van der Waals surface area contributed by atoms with Crippen molar-refractivity contribution in [3.63, 3.8) is 0 Å². The van der Waals surface area contributed by atoms with E-state index in [1.165, 1.54) is 5.57 Å². The van der Waals surface area contributed by atoms with Crippen LogP contribution < -0.4 is 0 Å². The lowest BCUT2D eigenvalue weighted by molar-refractivity contribution is 1.42. The lowest BCUT2D eigenvalue weighted by atomic mass is 10.4. The van der Waals surface area contributed by atoms with Crippen molar-refractivity contribution in [2.75, 3.05) is 0 Å². The molecule has 0 aromatic rings. The van der Waals surface area contributed by atoms with E-state index < -0.39 is 0 Å². The molecule has 0 bridgehead atoms. The van der Waals surface area contributed by atoms with Crippen LogP contribution in [0.25, 0.3) is 0 Å². The molecule has 0 amide bonds. The molecule has 0 aliphatic heterocycles. The van der Waals surface area contributed by atoms with Crippen molar-refractivity contribution in [1.82, 2.24) is 0 Å². The Bertz CT molecular complexity index is 92.6. The zero-order valence-electron chi connectivity index (χ0n) is 6.65. The van der Waals surface area contributed by atoms with Gasteiger partial charge in [-0.05, 0) is 20.8 Å². The molecule has 0 radical (unpaired) electrons. The fraction of sp³-hybridized carbons (Fsp3) is 0.333. The molecule has 0 aliphatic rings. The fourth-order valence-electron chi connectivity index (χ4n) is 0.136. The van der Waals surface area contributed by atoms with Gasteiger partial charge in [0.15, 0.2) is 0 Å². The largest absolute Gasteiger partial charge is 0.100 e. The van der Waals surface area contributed by atoms with Gasteiger partial charge in [0.05, 0.1) is 0 Å². The first-order valence-corrected chi connectivity index (χ1v) is 3.01. The summed E-state index contributed by atoms with van der Waals surface area (Å²) in [7, 11) is 0. The summed E-state index contributed by atoms with van der Waals surface area (Å²) in [5.74, 6) is 0. The molecule has 0 spiro atoms. The highest BCUT2D eigenvalue weighted by molar-refractivity contribution is 4.94. The second-order valence-electron chi connectivity index (χ2n) is 1.97. The average molecular weight is 124 g/mol. The third-order valence-electron chi connectivity index (χ3n) is 0.329. The van der Waals surface area contributed by atoms with E-state index in [-0.39, 0.29) is 0 Å². The summed E-state index contributed by atoms with van der Waals surface area (Å²) < 4.78 is 0. The van der Waals surface area contributed by atoms with Gasteiger partial charge in [-0.3, -0.25) is 0 Å². The van der Waals surface area contributed by atoms with Crippen LogP contribution >= 0.6 is 0 Å². The SMILES string of the molecule is C=C(C)C.C=C/C=C\C. The first-order valence-electron chi connectivity index (χ1n) is 3.01. The van der Waals surface area contributed by atoms with Crippen molar-refractivity contribution >= 4 is 0 Å². The topological polar surface area (TPSA) is 0 Å². The molecule has 0 saturated carbocycles. The maximum atomic E-state index is 3.56. The molecule has 0 heterocycles. The molecule has 9 heavy (non-hydrogen) atoms. The molecular weight excluding hydrogens is 108 g/mol. The first kappa shape index (κ1) is 11.1. The van der Waals surface area contributed by atoms with Crippen LogP contribution in [0, 0.1) is 0 Å². The predicted molar refractivity (Wildman–Crippen MR) is 45.5 cm³/mol. The Morgan fingerprint density at radius 3 is 1.67 bits per heavy atom. The minimum absolute atomic E-state index is 1.17. The summed E-state index contributed by atoms with van der Waals surface area (Å²) in [6.07, 6.45) is 5.58. The molecule has 0 rings (SSSR count). The van der Waals surface area contributed by atoms with Crippen molar-refractivity contribution in [2.45, 2.75) is 20.8 Å². The first-order chi connectivity index (χ1) is 4.15. The van der Waals surface area contributed by atoms with Gasteiger partial charge in [-0.15, -0.1) is 6.58 Å². The zero-order valence-corrected chi connectivity index (χ0v) is 6.65. The number of hydrogen-bond donors (Lipinski definition) is 0. The third-order valence-corrected chi connectivity index (χ3v) is 0.329. The van der Waals surface area contributed by atoms with Gasteiger partial charge in [-0.25, -0.2) is 0 Å². The Labute approximate surface area is 58.6 Å². The van der Waals surface area contributed by atoms with Crippen molar-refractivity contribution in [3.8, 4) is 0 Å². The summed E-state index contributed by atoms with van der Waals surface area (Å²) in [5.41, 5.74) is 1.17. The van der Waals surface area contributed by atoms with Crippen LogP contribution in [-0.2, 0) is 0 Å². The van der Waals surface area contributed by atoms with E-state index in [2.05, 4.69) is 13.2 Å². The summed E-state index contributed by atoms with van der Waals surface area (Å²) in [5, 5.41) is 0. The molecule has 0 aromatic heterocycles. The summed E-state index contributed by atoms with van der Waals surface area (Å²) in [4.78, 5) is 0. The van der Waals surface area contributed by atoms with Crippen molar-refractivity contribution < 1.29 is 0 Å². The predicted octanol–water partition coefficient (Wildman–Crippen LogP) is 3.33. The van der Waals surface area contributed by atoms with Crippen molar-refractivity contribution in [3.05, 3.63) is 37.0 Å². The quantitative estimate of drug-likeness (QED) is 0.371. The van der Waals surface area contributed by atoms with E-state index in [1.54, 1.807) is 6.08 Å². The van der Waals surface area contributed by atoms with Gasteiger partial charge in [-0.2, -0.15) is 0 Å². The van der Waals surface area contributed by atoms with Crippen molar-refractivity contribution in [1.29, 1.82) is 0 Å². The minimum atomic E-state index is 1.17. The molecule has 0 saturated heterocycles. The second-order valence-corrected chi connectivity index (χ2v) is 1.97. The van der Waals surface area contributed by atoms with E-state index in [0.717, 1.165) is 0 Å². The van der Waals surface area contributed by atoms with E-state index in [9.17, 15) is 0 Å². The summed E-state index contributed by atoms with van der Waals surface area (Å²) in [6.45, 7) is 12.9. The Hall–Kier alpha value is -0.780. The maximum Gasteiger partial charge on any atom is -0.0445 e. The highest BCUT2D eigenvalue weighted by Gasteiger charge is 1.51. The smallest absolute Gasteiger partial charge is 0.0445 e. The van der Waals surface area contributed by atoms with E-state index >= 15 is 0 Å². The molecular formula is C9H16. The van der Waals surface area contributed by atoms with Crippen molar-refractivity contribution in [2.24, 2.45) is 0 Å². The molecule has 0 atom stereocenters. The zero-order chi connectivity index (χ0) is 7.70. The van der Waals surface area contributed by atoms with Gasteiger partial charge in [-0.1, -0.05) is 30.4 Å². The Kier molecular flexibility index (Phi) is 12.6.